The number of anilines is 1. The van der Waals surface area contributed by atoms with Crippen molar-refractivity contribution in [1.82, 2.24) is 9.29 Å². The zero-order chi connectivity index (χ0) is 19.4. The normalized spacial score (nSPS) is 11.8. The first-order valence-electron chi connectivity index (χ1n) is 8.87. The second-order valence-electron chi connectivity index (χ2n) is 6.41. The van der Waals surface area contributed by atoms with Crippen LogP contribution in [0, 0.1) is 0 Å². The van der Waals surface area contributed by atoms with E-state index in [1.54, 1.807) is 25.4 Å². The van der Waals surface area contributed by atoms with Gasteiger partial charge in [-0.1, -0.05) is 31.5 Å². The van der Waals surface area contributed by atoms with Gasteiger partial charge in [-0.05, 0) is 36.8 Å². The summed E-state index contributed by atoms with van der Waals surface area (Å²) in [6.07, 6.45) is 3.41. The van der Waals surface area contributed by atoms with E-state index in [2.05, 4.69) is 10.3 Å². The molecule has 0 bridgehead atoms. The molecular formula is C20H23N3O3S. The number of amides is 1. The van der Waals surface area contributed by atoms with Crippen molar-refractivity contribution in [3.63, 3.8) is 0 Å². The number of nitrogens with one attached hydrogen (secondary N) is 2. The lowest BCUT2D eigenvalue weighted by Gasteiger charge is -2.17. The number of unbranched alkanes of at least 4 members (excludes halogenated alkanes) is 1. The van der Waals surface area contributed by atoms with Gasteiger partial charge in [0.1, 0.15) is 0 Å². The van der Waals surface area contributed by atoms with E-state index in [4.69, 9.17) is 0 Å². The van der Waals surface area contributed by atoms with Crippen LogP contribution < -0.4 is 5.32 Å². The van der Waals surface area contributed by atoms with Gasteiger partial charge < -0.3 is 10.3 Å². The molecule has 0 aliphatic heterocycles. The van der Waals surface area contributed by atoms with E-state index in [1.165, 1.54) is 16.4 Å². The summed E-state index contributed by atoms with van der Waals surface area (Å²) in [5.74, 6) is -0.247. The predicted octanol–water partition coefficient (Wildman–Crippen LogP) is 3.84. The van der Waals surface area contributed by atoms with Crippen molar-refractivity contribution in [2.45, 2.75) is 24.7 Å². The third kappa shape index (κ3) is 4.04. The van der Waals surface area contributed by atoms with Gasteiger partial charge in [0.15, 0.2) is 0 Å². The van der Waals surface area contributed by atoms with Crippen LogP contribution in [0.25, 0.3) is 10.9 Å². The Bertz CT molecular complexity index is 1040. The van der Waals surface area contributed by atoms with Crippen LogP contribution in [0.3, 0.4) is 0 Å². The van der Waals surface area contributed by atoms with Crippen molar-refractivity contribution < 1.29 is 13.2 Å². The number of benzene rings is 2. The van der Waals surface area contributed by atoms with Crippen molar-refractivity contribution in [2.24, 2.45) is 0 Å². The number of H-pyrrole nitrogens is 1. The molecular weight excluding hydrogens is 362 g/mol. The number of para-hydroxylation sites is 1. The number of fused-ring (bicyclic) bond motifs is 1. The van der Waals surface area contributed by atoms with E-state index in [0.717, 1.165) is 23.7 Å². The van der Waals surface area contributed by atoms with E-state index in [1.807, 2.05) is 31.2 Å². The lowest BCUT2D eigenvalue weighted by molar-refractivity contribution is 0.102. The summed E-state index contributed by atoms with van der Waals surface area (Å²) in [5, 5.41) is 3.65. The van der Waals surface area contributed by atoms with Crippen LogP contribution in [0.15, 0.2) is 59.6 Å². The SMILES string of the molecule is CCCCN(C)S(=O)(=O)c1ccc(NC(=O)c2c[nH]c3ccccc23)cc1. The van der Waals surface area contributed by atoms with Gasteiger partial charge in [0.25, 0.3) is 5.91 Å². The zero-order valence-electron chi connectivity index (χ0n) is 15.4. The first-order valence-corrected chi connectivity index (χ1v) is 10.3. The van der Waals surface area contributed by atoms with Crippen LogP contribution >= 0.6 is 0 Å². The molecule has 6 nitrogen and oxygen atoms in total. The highest BCUT2D eigenvalue weighted by atomic mass is 32.2. The molecule has 0 saturated carbocycles. The smallest absolute Gasteiger partial charge is 0.257 e. The molecule has 142 valence electrons. The number of hydrogen-bond donors (Lipinski definition) is 2. The molecule has 0 spiro atoms. The van der Waals surface area contributed by atoms with Crippen molar-refractivity contribution >= 4 is 32.5 Å². The summed E-state index contributed by atoms with van der Waals surface area (Å²) >= 11 is 0. The van der Waals surface area contributed by atoms with Crippen LogP contribution in [-0.2, 0) is 10.0 Å². The Morgan fingerprint density at radius 1 is 1.11 bits per heavy atom. The van der Waals surface area contributed by atoms with Crippen molar-refractivity contribution in [2.75, 3.05) is 18.9 Å². The third-order valence-electron chi connectivity index (χ3n) is 4.48. The quantitative estimate of drug-likeness (QED) is 0.648. The van der Waals surface area contributed by atoms with E-state index in [0.29, 0.717) is 17.8 Å². The fourth-order valence-corrected chi connectivity index (χ4v) is 4.06. The maximum atomic E-state index is 12.5. The number of hydrogen-bond acceptors (Lipinski definition) is 3. The van der Waals surface area contributed by atoms with Gasteiger partial charge in [0.2, 0.25) is 10.0 Å². The molecule has 27 heavy (non-hydrogen) atoms. The fourth-order valence-electron chi connectivity index (χ4n) is 2.85. The summed E-state index contributed by atoms with van der Waals surface area (Å²) in [6, 6.07) is 13.8. The Balaban J connectivity index is 1.75. The second-order valence-corrected chi connectivity index (χ2v) is 8.45. The Labute approximate surface area is 159 Å². The van der Waals surface area contributed by atoms with E-state index in [-0.39, 0.29) is 10.8 Å². The monoisotopic (exact) mass is 385 g/mol. The van der Waals surface area contributed by atoms with Crippen molar-refractivity contribution in [3.05, 3.63) is 60.3 Å². The Morgan fingerprint density at radius 3 is 2.52 bits per heavy atom. The van der Waals surface area contributed by atoms with E-state index < -0.39 is 10.0 Å². The highest BCUT2D eigenvalue weighted by molar-refractivity contribution is 7.89. The number of rotatable bonds is 7. The van der Waals surface area contributed by atoms with Gasteiger partial charge in [0, 0.05) is 36.4 Å². The molecule has 7 heteroatoms. The number of carbonyl (C=O) groups is 1. The van der Waals surface area contributed by atoms with Gasteiger partial charge in [-0.3, -0.25) is 4.79 Å². The summed E-state index contributed by atoms with van der Waals surface area (Å²) < 4.78 is 26.4. The number of aromatic nitrogens is 1. The summed E-state index contributed by atoms with van der Waals surface area (Å²) in [4.78, 5) is 15.8. The number of sulfonamides is 1. The number of aromatic amines is 1. The minimum Gasteiger partial charge on any atom is -0.360 e. The Kier molecular flexibility index (Phi) is 5.62. The molecule has 1 aromatic heterocycles. The Morgan fingerprint density at radius 2 is 1.81 bits per heavy atom. The number of nitrogens with zero attached hydrogens (tertiary/aromatic N) is 1. The minimum atomic E-state index is -3.51. The van der Waals surface area contributed by atoms with E-state index >= 15 is 0 Å². The molecule has 0 unspecified atom stereocenters. The maximum absolute atomic E-state index is 12.5. The predicted molar refractivity (Wildman–Crippen MR) is 107 cm³/mol. The molecule has 0 aliphatic carbocycles. The van der Waals surface area contributed by atoms with Gasteiger partial charge in [-0.2, -0.15) is 0 Å². The molecule has 2 N–H and O–H groups in total. The topological polar surface area (TPSA) is 82.3 Å². The first-order chi connectivity index (χ1) is 12.9. The van der Waals surface area contributed by atoms with Crippen LogP contribution in [0.2, 0.25) is 0 Å². The summed E-state index contributed by atoms with van der Waals surface area (Å²) in [6.45, 7) is 2.50. The first kappa shape index (κ1) is 19.1. The largest absolute Gasteiger partial charge is 0.360 e. The van der Waals surface area contributed by atoms with Gasteiger partial charge in [0.05, 0.1) is 10.5 Å². The summed E-state index contributed by atoms with van der Waals surface area (Å²) in [5.41, 5.74) is 1.97. The molecule has 3 rings (SSSR count). The molecule has 0 aliphatic rings. The highest BCUT2D eigenvalue weighted by Gasteiger charge is 2.20. The lowest BCUT2D eigenvalue weighted by atomic mass is 10.1. The van der Waals surface area contributed by atoms with Crippen LogP contribution in [0.4, 0.5) is 5.69 Å². The Hall–Kier alpha value is -2.64. The average molecular weight is 385 g/mol. The molecule has 0 fully saturated rings. The van der Waals surface area contributed by atoms with E-state index in [9.17, 15) is 13.2 Å². The molecule has 0 saturated heterocycles. The lowest BCUT2D eigenvalue weighted by Crippen LogP contribution is -2.27. The van der Waals surface area contributed by atoms with Crippen LogP contribution in [0.1, 0.15) is 30.1 Å². The van der Waals surface area contributed by atoms with Gasteiger partial charge >= 0.3 is 0 Å². The molecule has 1 amide bonds. The standard InChI is InChI=1S/C20H23N3O3S/c1-3-4-13-23(2)27(25,26)16-11-9-15(10-12-16)22-20(24)18-14-21-19-8-6-5-7-17(18)19/h5-12,14,21H,3-4,13H2,1-2H3,(H,22,24). The molecule has 1 heterocycles. The van der Waals surface area contributed by atoms with Crippen LogP contribution in [0.5, 0.6) is 0 Å². The third-order valence-corrected chi connectivity index (χ3v) is 6.35. The second kappa shape index (κ2) is 7.94. The number of carbonyl (C=O) groups excluding carboxylic acids is 1. The fraction of sp³-hybridized carbons (Fsp3) is 0.250. The maximum Gasteiger partial charge on any atom is 0.257 e. The van der Waals surface area contributed by atoms with Gasteiger partial charge in [-0.15, -0.1) is 0 Å². The molecule has 0 radical (unpaired) electrons. The van der Waals surface area contributed by atoms with Crippen molar-refractivity contribution in [1.29, 1.82) is 0 Å². The van der Waals surface area contributed by atoms with Gasteiger partial charge in [-0.25, -0.2) is 12.7 Å². The highest BCUT2D eigenvalue weighted by Crippen LogP contribution is 2.21. The minimum absolute atomic E-state index is 0.214. The van der Waals surface area contributed by atoms with Crippen molar-refractivity contribution in [3.8, 4) is 0 Å². The molecule has 2 aromatic carbocycles. The van der Waals surface area contributed by atoms with Crippen LogP contribution in [-0.4, -0.2) is 37.2 Å². The average Bonchev–Trinajstić information content (AvgIpc) is 3.10. The zero-order valence-corrected chi connectivity index (χ0v) is 16.2. The molecule has 3 aromatic rings. The molecule has 0 atom stereocenters. The summed E-state index contributed by atoms with van der Waals surface area (Å²) in [7, 11) is -1.93.